The molecule has 3 nitrogen and oxygen atoms in total. The Kier molecular flexibility index (Phi) is 3.75. The van der Waals surface area contributed by atoms with Crippen LogP contribution in [-0.4, -0.2) is 22.7 Å². The van der Waals surface area contributed by atoms with Gasteiger partial charge in [0.25, 0.3) is 0 Å². The summed E-state index contributed by atoms with van der Waals surface area (Å²) in [5.41, 5.74) is -0.00553. The lowest BCUT2D eigenvalue weighted by Crippen LogP contribution is -2.52. The van der Waals surface area contributed by atoms with Gasteiger partial charge in [-0.1, -0.05) is 19.3 Å². The van der Waals surface area contributed by atoms with Crippen molar-refractivity contribution in [2.75, 3.05) is 6.35 Å². The van der Waals surface area contributed by atoms with Crippen LogP contribution in [0.4, 0.5) is 0 Å². The van der Waals surface area contributed by atoms with Crippen LogP contribution in [0.5, 0.6) is 0 Å². The summed E-state index contributed by atoms with van der Waals surface area (Å²) < 4.78 is 19.8. The average Bonchev–Trinajstić information content (AvgIpc) is 2.46. The molecule has 1 atom stereocenters. The highest BCUT2D eigenvalue weighted by molar-refractivity contribution is 7.59. The number of aliphatic hydroxyl groups excluding tert-OH is 1. The molecule has 0 aliphatic heterocycles. The lowest BCUT2D eigenvalue weighted by molar-refractivity contribution is -0.108. The predicted molar refractivity (Wildman–Crippen MR) is 83.6 cm³/mol. The zero-order chi connectivity index (χ0) is 14.5. The number of hydrogen-bond donors (Lipinski definition) is 1. The summed E-state index contributed by atoms with van der Waals surface area (Å²) >= 11 is 0. The third-order valence-corrected chi connectivity index (χ3v) is 9.38. The second-order valence-electron chi connectivity index (χ2n) is 8.35. The summed E-state index contributed by atoms with van der Waals surface area (Å²) in [6, 6.07) is 0. The molecule has 1 N–H and O–H groups in total. The van der Waals surface area contributed by atoms with Crippen molar-refractivity contribution in [2.45, 2.75) is 81.9 Å². The Bertz CT molecular complexity index is 406. The lowest BCUT2D eigenvalue weighted by Gasteiger charge is -2.57. The second-order valence-corrected chi connectivity index (χ2v) is 11.0. The highest BCUT2D eigenvalue weighted by Gasteiger charge is 2.54. The Morgan fingerprint density at radius 1 is 0.952 bits per heavy atom. The van der Waals surface area contributed by atoms with Gasteiger partial charge in [0.15, 0.2) is 0 Å². The molecule has 0 aromatic heterocycles. The summed E-state index contributed by atoms with van der Waals surface area (Å²) in [4.78, 5) is 0. The Labute approximate surface area is 128 Å². The van der Waals surface area contributed by atoms with E-state index < -0.39 is 7.37 Å². The first-order valence-corrected chi connectivity index (χ1v) is 10.9. The van der Waals surface area contributed by atoms with Gasteiger partial charge in [-0.25, -0.2) is 0 Å². The lowest BCUT2D eigenvalue weighted by atomic mass is 9.54. The molecule has 5 aliphatic carbocycles. The highest BCUT2D eigenvalue weighted by atomic mass is 31.2. The molecule has 0 aromatic carbocycles. The van der Waals surface area contributed by atoms with Crippen LogP contribution in [0, 0.1) is 17.8 Å². The Hall–Kier alpha value is 0.150. The third-order valence-electron chi connectivity index (χ3n) is 6.66. The summed E-state index contributed by atoms with van der Waals surface area (Å²) in [5, 5.41) is 9.85. The van der Waals surface area contributed by atoms with Crippen LogP contribution in [0.1, 0.15) is 70.6 Å². The molecule has 0 saturated heterocycles. The minimum Gasteiger partial charge on any atom is -0.386 e. The second kappa shape index (κ2) is 5.35. The standard InChI is InChI=1S/C17H29O3P/c18-12-21(19,16-4-2-1-3-5-16)20-17-9-13-6-14(10-17)8-15(7-13)11-17/h13-16,18H,1-12H2. The summed E-state index contributed by atoms with van der Waals surface area (Å²) in [6.07, 6.45) is 12.7. The molecule has 4 bridgehead atoms. The van der Waals surface area contributed by atoms with Gasteiger partial charge in [0.1, 0.15) is 6.35 Å². The van der Waals surface area contributed by atoms with Gasteiger partial charge in [-0.2, -0.15) is 0 Å². The van der Waals surface area contributed by atoms with E-state index in [-0.39, 0.29) is 17.6 Å². The quantitative estimate of drug-likeness (QED) is 0.776. The molecule has 5 aliphatic rings. The van der Waals surface area contributed by atoms with Crippen LogP contribution in [-0.2, 0) is 9.09 Å². The van der Waals surface area contributed by atoms with Crippen molar-refractivity contribution < 1.29 is 14.2 Å². The minimum absolute atomic E-state index is 0.129. The Balaban J connectivity index is 1.54. The smallest absolute Gasteiger partial charge is 0.231 e. The summed E-state index contributed by atoms with van der Waals surface area (Å²) in [5.74, 6) is 2.40. The van der Waals surface area contributed by atoms with Gasteiger partial charge >= 0.3 is 0 Å². The molecule has 5 fully saturated rings. The van der Waals surface area contributed by atoms with E-state index in [1.165, 1.54) is 25.7 Å². The predicted octanol–water partition coefficient (Wildman–Crippen LogP) is 4.53. The number of hydrogen-bond acceptors (Lipinski definition) is 3. The number of rotatable bonds is 4. The molecule has 0 amide bonds. The van der Waals surface area contributed by atoms with Crippen LogP contribution in [0.15, 0.2) is 0 Å². The van der Waals surface area contributed by atoms with Gasteiger partial charge < -0.3 is 9.63 Å². The molecule has 0 heterocycles. The van der Waals surface area contributed by atoms with Gasteiger partial charge in [0, 0.05) is 5.66 Å². The SMILES string of the molecule is O=P(CO)(OC12CC3CC(CC(C3)C1)C2)C1CCCCC1. The summed E-state index contributed by atoms with van der Waals surface area (Å²) in [6.45, 7) is 0. The van der Waals surface area contributed by atoms with E-state index in [4.69, 9.17) is 4.52 Å². The molecular weight excluding hydrogens is 283 g/mol. The van der Waals surface area contributed by atoms with E-state index >= 15 is 0 Å². The van der Waals surface area contributed by atoms with Crippen molar-refractivity contribution in [1.82, 2.24) is 0 Å². The van der Waals surface area contributed by atoms with Crippen molar-refractivity contribution >= 4 is 7.37 Å². The molecule has 0 spiro atoms. The maximum atomic E-state index is 13.3. The third kappa shape index (κ3) is 2.64. The Morgan fingerprint density at radius 2 is 1.48 bits per heavy atom. The number of aliphatic hydroxyl groups is 1. The van der Waals surface area contributed by atoms with Crippen molar-refractivity contribution in [1.29, 1.82) is 0 Å². The zero-order valence-electron chi connectivity index (χ0n) is 13.0. The van der Waals surface area contributed by atoms with Crippen molar-refractivity contribution in [2.24, 2.45) is 17.8 Å². The first-order chi connectivity index (χ1) is 10.1. The molecular formula is C17H29O3P. The normalized spacial score (nSPS) is 45.7. The molecule has 0 radical (unpaired) electrons. The van der Waals surface area contributed by atoms with Gasteiger partial charge in [0.05, 0.1) is 5.60 Å². The van der Waals surface area contributed by atoms with Crippen LogP contribution < -0.4 is 0 Å². The minimum atomic E-state index is -2.87. The average molecular weight is 312 g/mol. The first-order valence-electron chi connectivity index (χ1n) is 9.01. The molecule has 1 unspecified atom stereocenters. The molecule has 0 aromatic rings. The topological polar surface area (TPSA) is 46.5 Å². The van der Waals surface area contributed by atoms with Crippen molar-refractivity contribution in [3.05, 3.63) is 0 Å². The van der Waals surface area contributed by atoms with Crippen LogP contribution in [0.3, 0.4) is 0 Å². The molecule has 4 heteroatoms. The zero-order valence-corrected chi connectivity index (χ0v) is 13.9. The molecule has 21 heavy (non-hydrogen) atoms. The van der Waals surface area contributed by atoms with Gasteiger partial charge in [0.2, 0.25) is 7.37 Å². The maximum Gasteiger partial charge on any atom is 0.231 e. The van der Waals surface area contributed by atoms with Gasteiger partial charge in [-0.15, -0.1) is 0 Å². The first kappa shape index (κ1) is 14.7. The van der Waals surface area contributed by atoms with E-state index in [9.17, 15) is 9.67 Å². The Morgan fingerprint density at radius 3 is 1.95 bits per heavy atom. The van der Waals surface area contributed by atoms with Crippen molar-refractivity contribution in [3.8, 4) is 0 Å². The summed E-state index contributed by atoms with van der Waals surface area (Å²) in [7, 11) is -2.87. The monoisotopic (exact) mass is 312 g/mol. The fraction of sp³-hybridized carbons (Fsp3) is 1.00. The van der Waals surface area contributed by atoms with E-state index in [1.807, 2.05) is 0 Å². The molecule has 5 saturated carbocycles. The van der Waals surface area contributed by atoms with Crippen LogP contribution >= 0.6 is 7.37 Å². The molecule has 5 rings (SSSR count). The van der Waals surface area contributed by atoms with Crippen LogP contribution in [0.2, 0.25) is 0 Å². The largest absolute Gasteiger partial charge is 0.386 e. The van der Waals surface area contributed by atoms with Crippen LogP contribution in [0.25, 0.3) is 0 Å². The van der Waals surface area contributed by atoms with E-state index in [1.54, 1.807) is 0 Å². The van der Waals surface area contributed by atoms with Gasteiger partial charge in [-0.3, -0.25) is 4.57 Å². The van der Waals surface area contributed by atoms with Gasteiger partial charge in [-0.05, 0) is 69.1 Å². The van der Waals surface area contributed by atoms with Crippen molar-refractivity contribution in [3.63, 3.8) is 0 Å². The fourth-order valence-corrected chi connectivity index (χ4v) is 8.63. The van der Waals surface area contributed by atoms with E-state index in [0.717, 1.165) is 62.7 Å². The molecule has 120 valence electrons. The van der Waals surface area contributed by atoms with E-state index in [0.29, 0.717) is 0 Å². The highest BCUT2D eigenvalue weighted by Crippen LogP contribution is 2.65. The fourth-order valence-electron chi connectivity index (χ4n) is 6.16. The maximum absolute atomic E-state index is 13.3. The van der Waals surface area contributed by atoms with E-state index in [2.05, 4.69) is 0 Å².